The first kappa shape index (κ1) is 42.8. The summed E-state index contributed by atoms with van der Waals surface area (Å²) in [6.07, 6.45) is 18.4. The van der Waals surface area contributed by atoms with Crippen molar-refractivity contribution in [1.29, 1.82) is 0 Å². The van der Waals surface area contributed by atoms with Crippen molar-refractivity contribution in [2.24, 2.45) is 0 Å². The van der Waals surface area contributed by atoms with Gasteiger partial charge in [0.1, 0.15) is 0 Å². The summed E-state index contributed by atoms with van der Waals surface area (Å²) < 4.78 is 8.88. The number of hydrogen-bond donors (Lipinski definition) is 6. The number of phosphoric acid groups is 1. The fraction of sp³-hybridized carbons (Fsp3) is 0.667. The van der Waals surface area contributed by atoms with Crippen LogP contribution in [0.3, 0.4) is 0 Å². The van der Waals surface area contributed by atoms with E-state index in [9.17, 15) is 14.4 Å². The molecule has 0 rings (SSSR count). The van der Waals surface area contributed by atoms with Crippen LogP contribution in [0.25, 0.3) is 0 Å². The Balaban J connectivity index is -0.000000209. The highest BCUT2D eigenvalue weighted by atomic mass is 31.2. The smallest absolute Gasteiger partial charge is 0.466 e. The Morgan fingerprint density at radius 1 is 0.526 bits per heavy atom. The third kappa shape index (κ3) is 47.0. The van der Waals surface area contributed by atoms with Crippen molar-refractivity contribution in [1.82, 2.24) is 0 Å². The number of aliphatic carboxylic acids is 3. The van der Waals surface area contributed by atoms with Crippen molar-refractivity contribution in [2.75, 3.05) is 0 Å². The van der Waals surface area contributed by atoms with Gasteiger partial charge in [0.2, 0.25) is 0 Å². The third-order valence-electron chi connectivity index (χ3n) is 4.79. The summed E-state index contributed by atoms with van der Waals surface area (Å²) in [6.45, 7) is 11.3. The van der Waals surface area contributed by atoms with Crippen LogP contribution in [0.4, 0.5) is 0 Å². The summed E-state index contributed by atoms with van der Waals surface area (Å²) >= 11 is 0. The highest BCUT2D eigenvalue weighted by Gasteiger charge is 2.00. The standard InChI is InChI=1S/3C9H16O2.H3O4P/c3*1-3-4-5-6-7-8(2)9(10)11;1-5(2,3)4/h3*7H,3-6H2,1-2H3,(H,10,11);(H3,1,2,3,4). The molecule has 0 aromatic heterocycles. The molecule has 0 bridgehead atoms. The van der Waals surface area contributed by atoms with Crippen LogP contribution in [0, 0.1) is 0 Å². The van der Waals surface area contributed by atoms with E-state index in [1.165, 1.54) is 38.5 Å². The number of unbranched alkanes of at least 4 members (excludes halogenated alkanes) is 9. The molecule has 11 heteroatoms. The highest BCUT2D eigenvalue weighted by Crippen LogP contribution is 2.25. The molecular weight excluding hydrogens is 515 g/mol. The van der Waals surface area contributed by atoms with Crippen molar-refractivity contribution < 1.29 is 48.9 Å². The lowest BCUT2D eigenvalue weighted by molar-refractivity contribution is -0.133. The van der Waals surface area contributed by atoms with E-state index in [0.29, 0.717) is 16.7 Å². The molecule has 10 nitrogen and oxygen atoms in total. The fourth-order valence-corrected chi connectivity index (χ4v) is 2.40. The van der Waals surface area contributed by atoms with Gasteiger partial charge in [-0.3, -0.25) is 0 Å². The molecular formula is C27H51O10P. The molecule has 0 saturated carbocycles. The van der Waals surface area contributed by atoms with Gasteiger partial charge in [0.05, 0.1) is 0 Å². The van der Waals surface area contributed by atoms with E-state index >= 15 is 0 Å². The van der Waals surface area contributed by atoms with E-state index in [4.69, 9.17) is 34.6 Å². The van der Waals surface area contributed by atoms with Crippen molar-refractivity contribution in [3.05, 3.63) is 34.9 Å². The normalized spacial score (nSPS) is 11.7. The quantitative estimate of drug-likeness (QED) is 0.0693. The fourth-order valence-electron chi connectivity index (χ4n) is 2.40. The Hall–Kier alpha value is -2.26. The molecule has 0 aromatic rings. The van der Waals surface area contributed by atoms with Gasteiger partial charge in [-0.1, -0.05) is 77.5 Å². The summed E-state index contributed by atoms with van der Waals surface area (Å²) in [5, 5.41) is 25.4. The Morgan fingerprint density at radius 2 is 0.711 bits per heavy atom. The third-order valence-corrected chi connectivity index (χ3v) is 4.79. The molecule has 0 atom stereocenters. The Kier molecular flexibility index (Phi) is 33.0. The van der Waals surface area contributed by atoms with E-state index in [1.54, 1.807) is 39.0 Å². The van der Waals surface area contributed by atoms with Crippen molar-refractivity contribution in [3.63, 3.8) is 0 Å². The van der Waals surface area contributed by atoms with E-state index in [1.807, 2.05) is 0 Å². The second-order valence-corrected chi connectivity index (χ2v) is 9.60. The molecule has 0 aromatic carbocycles. The van der Waals surface area contributed by atoms with Gasteiger partial charge in [-0.15, -0.1) is 0 Å². The number of hydrogen-bond acceptors (Lipinski definition) is 4. The summed E-state index contributed by atoms with van der Waals surface area (Å²) in [5.41, 5.74) is 1.38. The lowest BCUT2D eigenvalue weighted by atomic mass is 10.1. The summed E-state index contributed by atoms with van der Waals surface area (Å²) in [5.74, 6) is -2.41. The van der Waals surface area contributed by atoms with Crippen molar-refractivity contribution in [2.45, 2.75) is 119 Å². The first-order valence-corrected chi connectivity index (χ1v) is 14.6. The number of carbonyl (C=O) groups is 3. The van der Waals surface area contributed by atoms with E-state index in [-0.39, 0.29) is 0 Å². The molecule has 0 spiro atoms. The molecule has 0 saturated heterocycles. The predicted molar refractivity (Wildman–Crippen MR) is 151 cm³/mol. The van der Waals surface area contributed by atoms with Crippen LogP contribution in [0.1, 0.15) is 119 Å². The Labute approximate surface area is 228 Å². The lowest BCUT2D eigenvalue weighted by Gasteiger charge is -1.93. The minimum atomic E-state index is -4.64. The van der Waals surface area contributed by atoms with Gasteiger partial charge in [0.15, 0.2) is 0 Å². The van der Waals surface area contributed by atoms with Crippen LogP contribution in [0.5, 0.6) is 0 Å². The van der Waals surface area contributed by atoms with Gasteiger partial charge in [-0.05, 0) is 59.3 Å². The maximum absolute atomic E-state index is 10.3. The van der Waals surface area contributed by atoms with Gasteiger partial charge in [0.25, 0.3) is 0 Å². The average molecular weight is 567 g/mol. The maximum Gasteiger partial charge on any atom is 0.466 e. The van der Waals surface area contributed by atoms with Crippen LogP contribution < -0.4 is 0 Å². The average Bonchev–Trinajstić information content (AvgIpc) is 2.81. The first-order chi connectivity index (χ1) is 17.5. The van der Waals surface area contributed by atoms with Crippen LogP contribution in [-0.2, 0) is 18.9 Å². The molecule has 0 amide bonds. The molecule has 38 heavy (non-hydrogen) atoms. The second-order valence-electron chi connectivity index (χ2n) is 8.58. The van der Waals surface area contributed by atoms with Gasteiger partial charge < -0.3 is 30.0 Å². The van der Waals surface area contributed by atoms with Gasteiger partial charge >= 0.3 is 25.7 Å². The summed E-state index contributed by atoms with van der Waals surface area (Å²) in [7, 11) is -4.64. The zero-order valence-electron chi connectivity index (χ0n) is 24.0. The maximum atomic E-state index is 10.3. The molecule has 0 aliphatic rings. The Morgan fingerprint density at radius 3 is 0.842 bits per heavy atom. The number of allylic oxidation sites excluding steroid dienone is 3. The number of carboxylic acids is 3. The van der Waals surface area contributed by atoms with Crippen LogP contribution in [-0.4, -0.2) is 47.9 Å². The lowest BCUT2D eigenvalue weighted by Crippen LogP contribution is -1.95. The minimum Gasteiger partial charge on any atom is -0.478 e. The van der Waals surface area contributed by atoms with Crippen LogP contribution >= 0.6 is 7.82 Å². The Bertz CT molecular complexity index is 670. The SMILES string of the molecule is CCCCCC=C(C)C(=O)O.CCCCCC=C(C)C(=O)O.CCCCCC=C(C)C(=O)O.O=P(O)(O)O. The van der Waals surface area contributed by atoms with E-state index in [2.05, 4.69) is 20.8 Å². The predicted octanol–water partition coefficient (Wildman–Crippen LogP) is 6.86. The zero-order valence-corrected chi connectivity index (χ0v) is 24.9. The van der Waals surface area contributed by atoms with Crippen molar-refractivity contribution in [3.8, 4) is 0 Å². The second kappa shape index (κ2) is 29.3. The molecule has 6 N–H and O–H groups in total. The van der Waals surface area contributed by atoms with Gasteiger partial charge in [0, 0.05) is 16.7 Å². The van der Waals surface area contributed by atoms with Gasteiger partial charge in [-0.2, -0.15) is 0 Å². The van der Waals surface area contributed by atoms with Crippen LogP contribution in [0.2, 0.25) is 0 Å². The minimum absolute atomic E-state index is 0.459. The van der Waals surface area contributed by atoms with Crippen molar-refractivity contribution >= 4 is 25.7 Å². The molecule has 0 fully saturated rings. The molecule has 0 aliphatic carbocycles. The monoisotopic (exact) mass is 566 g/mol. The largest absolute Gasteiger partial charge is 0.478 e. The zero-order chi connectivity index (χ0) is 30.6. The van der Waals surface area contributed by atoms with E-state index < -0.39 is 25.7 Å². The summed E-state index contributed by atoms with van der Waals surface area (Å²) in [4.78, 5) is 52.4. The molecule has 224 valence electrons. The molecule has 0 heterocycles. The van der Waals surface area contributed by atoms with Gasteiger partial charge in [-0.25, -0.2) is 18.9 Å². The first-order valence-electron chi connectivity index (χ1n) is 13.0. The molecule has 0 unspecified atom stereocenters. The topological polar surface area (TPSA) is 190 Å². The van der Waals surface area contributed by atoms with E-state index in [0.717, 1.165) is 38.5 Å². The highest BCUT2D eigenvalue weighted by molar-refractivity contribution is 7.45. The molecule has 0 aliphatic heterocycles. The number of rotatable bonds is 15. The summed E-state index contributed by atoms with van der Waals surface area (Å²) in [6, 6.07) is 0. The molecule has 0 radical (unpaired) electrons. The van der Waals surface area contributed by atoms with Crippen LogP contribution in [0.15, 0.2) is 34.9 Å². The number of carboxylic acid groups (broad SMARTS) is 3.